The Morgan fingerprint density at radius 1 is 1.27 bits per heavy atom. The zero-order valence-electron chi connectivity index (χ0n) is 15.5. The first kappa shape index (κ1) is 17.3. The summed E-state index contributed by atoms with van der Waals surface area (Å²) in [6.45, 7) is 3.44. The molecule has 138 valence electrons. The number of aryl methyl sites for hydroxylation is 1. The van der Waals surface area contributed by atoms with E-state index in [1.165, 1.54) is 17.5 Å². The summed E-state index contributed by atoms with van der Waals surface area (Å²) >= 11 is 0. The molecule has 0 radical (unpaired) electrons. The average Bonchev–Trinajstić information content (AvgIpc) is 3.31. The highest BCUT2D eigenvalue weighted by atomic mass is 16.2. The first-order valence-corrected chi connectivity index (χ1v) is 9.72. The van der Waals surface area contributed by atoms with Crippen LogP contribution in [0.15, 0.2) is 42.7 Å². The lowest BCUT2D eigenvalue weighted by molar-refractivity contribution is -0.137. The highest BCUT2D eigenvalue weighted by Crippen LogP contribution is 2.31. The lowest BCUT2D eigenvalue weighted by atomic mass is 9.87. The molecule has 5 heteroatoms. The second kappa shape index (κ2) is 7.62. The number of carbonyl (C=O) groups is 1. The van der Waals surface area contributed by atoms with Crippen LogP contribution in [-0.4, -0.2) is 46.8 Å². The number of piperidine rings is 1. The molecule has 3 atom stereocenters. The molecule has 2 aliphatic rings. The Hall–Kier alpha value is -2.14. The van der Waals surface area contributed by atoms with Crippen LogP contribution < -0.4 is 5.32 Å². The third-order valence-electron chi connectivity index (χ3n) is 5.88. The summed E-state index contributed by atoms with van der Waals surface area (Å²) in [6, 6.07) is 10.7. The molecule has 2 fully saturated rings. The van der Waals surface area contributed by atoms with E-state index >= 15 is 0 Å². The highest BCUT2D eigenvalue weighted by molar-refractivity contribution is 5.80. The SMILES string of the molecule is Cn1cc([C@H]2CNC[C@@H]2C(=O)N2CCCC(Cc3ccccc3)C2)cn1. The fourth-order valence-corrected chi connectivity index (χ4v) is 4.53. The molecular formula is C21H28N4O. The second-order valence-electron chi connectivity index (χ2n) is 7.80. The van der Waals surface area contributed by atoms with Crippen molar-refractivity contribution in [2.24, 2.45) is 18.9 Å². The second-order valence-corrected chi connectivity index (χ2v) is 7.80. The van der Waals surface area contributed by atoms with Gasteiger partial charge in [0.15, 0.2) is 0 Å². The molecule has 2 aromatic rings. The molecule has 1 unspecified atom stereocenters. The van der Waals surface area contributed by atoms with Crippen LogP contribution in [-0.2, 0) is 18.3 Å². The summed E-state index contributed by atoms with van der Waals surface area (Å²) in [7, 11) is 1.93. The zero-order chi connectivity index (χ0) is 17.9. The summed E-state index contributed by atoms with van der Waals surface area (Å²) in [5, 5.41) is 7.71. The molecule has 0 saturated carbocycles. The molecule has 0 aliphatic carbocycles. The van der Waals surface area contributed by atoms with Gasteiger partial charge in [-0.15, -0.1) is 0 Å². The van der Waals surface area contributed by atoms with Gasteiger partial charge in [0.25, 0.3) is 0 Å². The van der Waals surface area contributed by atoms with Gasteiger partial charge in [0.1, 0.15) is 0 Å². The van der Waals surface area contributed by atoms with Crippen LogP contribution in [0.2, 0.25) is 0 Å². The van der Waals surface area contributed by atoms with E-state index in [0.29, 0.717) is 11.8 Å². The van der Waals surface area contributed by atoms with Crippen LogP contribution >= 0.6 is 0 Å². The quantitative estimate of drug-likeness (QED) is 0.918. The van der Waals surface area contributed by atoms with Crippen LogP contribution in [0.1, 0.15) is 29.9 Å². The summed E-state index contributed by atoms with van der Waals surface area (Å²) in [6.07, 6.45) is 7.35. The van der Waals surface area contributed by atoms with E-state index in [2.05, 4.69) is 45.6 Å². The molecular weight excluding hydrogens is 324 g/mol. The minimum Gasteiger partial charge on any atom is -0.342 e. The van der Waals surface area contributed by atoms with Crippen molar-refractivity contribution in [3.63, 3.8) is 0 Å². The molecule has 26 heavy (non-hydrogen) atoms. The number of rotatable bonds is 4. The summed E-state index contributed by atoms with van der Waals surface area (Å²) in [5.74, 6) is 1.17. The Morgan fingerprint density at radius 2 is 2.12 bits per heavy atom. The van der Waals surface area contributed by atoms with Crippen molar-refractivity contribution < 1.29 is 4.79 Å². The number of nitrogens with one attached hydrogen (secondary N) is 1. The fourth-order valence-electron chi connectivity index (χ4n) is 4.53. The maximum Gasteiger partial charge on any atom is 0.227 e. The molecule has 2 saturated heterocycles. The standard InChI is InChI=1S/C21H28N4O/c1-24-15-18(11-23-24)19-12-22-13-20(19)21(26)25-9-5-8-17(14-25)10-16-6-3-2-4-7-16/h2-4,6-7,11,15,17,19-20,22H,5,8-10,12-14H2,1H3/t17?,19-,20+/m1/s1. The minimum absolute atomic E-state index is 0.0367. The number of hydrogen-bond donors (Lipinski definition) is 1. The largest absolute Gasteiger partial charge is 0.342 e. The van der Waals surface area contributed by atoms with Crippen molar-refractivity contribution >= 4 is 5.91 Å². The van der Waals surface area contributed by atoms with Crippen LogP contribution in [0, 0.1) is 11.8 Å². The lowest BCUT2D eigenvalue weighted by Crippen LogP contribution is -2.45. The van der Waals surface area contributed by atoms with Gasteiger partial charge in [-0.25, -0.2) is 0 Å². The molecule has 1 N–H and O–H groups in total. The van der Waals surface area contributed by atoms with E-state index in [0.717, 1.165) is 39.0 Å². The number of carbonyl (C=O) groups excluding carboxylic acids is 1. The van der Waals surface area contributed by atoms with Gasteiger partial charge in [-0.1, -0.05) is 30.3 Å². The van der Waals surface area contributed by atoms with Crippen molar-refractivity contribution in [1.29, 1.82) is 0 Å². The van der Waals surface area contributed by atoms with E-state index in [-0.39, 0.29) is 11.8 Å². The maximum absolute atomic E-state index is 13.2. The Bertz CT molecular complexity index is 741. The molecule has 1 amide bonds. The Kier molecular flexibility index (Phi) is 5.07. The van der Waals surface area contributed by atoms with E-state index in [9.17, 15) is 4.79 Å². The van der Waals surface area contributed by atoms with E-state index in [4.69, 9.17) is 0 Å². The molecule has 2 aliphatic heterocycles. The Balaban J connectivity index is 1.42. The van der Waals surface area contributed by atoms with Crippen LogP contribution in [0.4, 0.5) is 0 Å². The fraction of sp³-hybridized carbons (Fsp3) is 0.524. The van der Waals surface area contributed by atoms with Crippen molar-refractivity contribution in [2.45, 2.75) is 25.2 Å². The van der Waals surface area contributed by atoms with Crippen molar-refractivity contribution in [3.8, 4) is 0 Å². The molecule has 4 rings (SSSR count). The smallest absolute Gasteiger partial charge is 0.227 e. The van der Waals surface area contributed by atoms with Crippen molar-refractivity contribution in [2.75, 3.05) is 26.2 Å². The Labute approximate surface area is 155 Å². The van der Waals surface area contributed by atoms with Gasteiger partial charge in [0.05, 0.1) is 12.1 Å². The van der Waals surface area contributed by atoms with Gasteiger partial charge in [0.2, 0.25) is 5.91 Å². The summed E-state index contributed by atoms with van der Waals surface area (Å²) in [5.41, 5.74) is 2.55. The van der Waals surface area contributed by atoms with Crippen molar-refractivity contribution in [1.82, 2.24) is 20.0 Å². The molecule has 1 aromatic carbocycles. The molecule has 5 nitrogen and oxygen atoms in total. The number of hydrogen-bond acceptors (Lipinski definition) is 3. The topological polar surface area (TPSA) is 50.2 Å². The van der Waals surface area contributed by atoms with Gasteiger partial charge in [0, 0.05) is 45.3 Å². The average molecular weight is 352 g/mol. The zero-order valence-corrected chi connectivity index (χ0v) is 15.5. The molecule has 0 spiro atoms. The number of amides is 1. The molecule has 1 aromatic heterocycles. The normalized spacial score (nSPS) is 26.2. The number of benzene rings is 1. The van der Waals surface area contributed by atoms with E-state index in [1.807, 2.05) is 24.1 Å². The number of nitrogens with zero attached hydrogens (tertiary/aromatic N) is 3. The minimum atomic E-state index is 0.0367. The third kappa shape index (κ3) is 3.68. The van der Waals surface area contributed by atoms with Crippen molar-refractivity contribution in [3.05, 3.63) is 53.9 Å². The predicted molar refractivity (Wildman–Crippen MR) is 102 cm³/mol. The van der Waals surface area contributed by atoms with Crippen LogP contribution in [0.3, 0.4) is 0 Å². The first-order chi connectivity index (χ1) is 12.7. The van der Waals surface area contributed by atoms with Gasteiger partial charge in [-0.05, 0) is 36.3 Å². The summed E-state index contributed by atoms with van der Waals surface area (Å²) < 4.78 is 1.83. The number of aromatic nitrogens is 2. The summed E-state index contributed by atoms with van der Waals surface area (Å²) in [4.78, 5) is 15.4. The monoisotopic (exact) mass is 352 g/mol. The van der Waals surface area contributed by atoms with E-state index in [1.54, 1.807) is 0 Å². The van der Waals surface area contributed by atoms with Gasteiger partial charge < -0.3 is 10.2 Å². The number of likely N-dealkylation sites (tertiary alicyclic amines) is 1. The Morgan fingerprint density at radius 3 is 2.88 bits per heavy atom. The van der Waals surface area contributed by atoms with Gasteiger partial charge >= 0.3 is 0 Å². The molecule has 3 heterocycles. The van der Waals surface area contributed by atoms with Crippen LogP contribution in [0.5, 0.6) is 0 Å². The van der Waals surface area contributed by atoms with E-state index < -0.39 is 0 Å². The third-order valence-corrected chi connectivity index (χ3v) is 5.88. The van der Waals surface area contributed by atoms with Gasteiger partial charge in [-0.2, -0.15) is 5.10 Å². The van der Waals surface area contributed by atoms with Gasteiger partial charge in [-0.3, -0.25) is 9.48 Å². The maximum atomic E-state index is 13.2. The highest BCUT2D eigenvalue weighted by Gasteiger charge is 2.38. The first-order valence-electron chi connectivity index (χ1n) is 9.72. The lowest BCUT2D eigenvalue weighted by Gasteiger charge is -2.35. The molecule has 0 bridgehead atoms. The van der Waals surface area contributed by atoms with Crippen LogP contribution in [0.25, 0.3) is 0 Å². The predicted octanol–water partition coefficient (Wildman–Crippen LogP) is 2.20.